The molecule has 0 fully saturated rings. The van der Waals surface area contributed by atoms with Gasteiger partial charge in [-0.2, -0.15) is 10.1 Å². The molecule has 1 N–H and O–H groups in total. The van der Waals surface area contributed by atoms with E-state index >= 15 is 0 Å². The van der Waals surface area contributed by atoms with E-state index in [4.69, 9.17) is 0 Å². The maximum Gasteiger partial charge on any atom is 0.224 e. The van der Waals surface area contributed by atoms with Gasteiger partial charge in [-0.05, 0) is 6.92 Å². The fraction of sp³-hybridized carbons (Fsp3) is 0.455. The number of rotatable bonds is 5. The van der Waals surface area contributed by atoms with Crippen LogP contribution in [0.3, 0.4) is 0 Å². The van der Waals surface area contributed by atoms with Gasteiger partial charge in [0.2, 0.25) is 5.95 Å². The van der Waals surface area contributed by atoms with Crippen molar-refractivity contribution in [2.45, 2.75) is 13.5 Å². The summed E-state index contributed by atoms with van der Waals surface area (Å²) in [5.41, 5.74) is 1.06. The number of hydrogen-bond acceptors (Lipinski definition) is 6. The van der Waals surface area contributed by atoms with Crippen molar-refractivity contribution in [2.75, 3.05) is 30.9 Å². The molecule has 7 nitrogen and oxygen atoms in total. The first kappa shape index (κ1) is 12.3. The Balaban J connectivity index is 1.95. The van der Waals surface area contributed by atoms with Gasteiger partial charge in [0.25, 0.3) is 0 Å². The summed E-state index contributed by atoms with van der Waals surface area (Å²) in [6.07, 6.45) is 5.02. The number of aryl methyl sites for hydroxylation is 1. The van der Waals surface area contributed by atoms with Gasteiger partial charge < -0.3 is 10.2 Å². The fourth-order valence-electron chi connectivity index (χ4n) is 1.60. The lowest BCUT2D eigenvalue weighted by atomic mass is 10.3. The molecule has 2 rings (SSSR count). The van der Waals surface area contributed by atoms with E-state index in [1.807, 2.05) is 32.1 Å². The van der Waals surface area contributed by atoms with Gasteiger partial charge in [-0.3, -0.25) is 4.68 Å². The molecule has 0 bridgehead atoms. The number of anilines is 2. The summed E-state index contributed by atoms with van der Waals surface area (Å²) in [6.45, 7) is 3.43. The van der Waals surface area contributed by atoms with Crippen molar-refractivity contribution in [3.05, 3.63) is 24.4 Å². The Hall–Kier alpha value is -2.18. The molecule has 96 valence electrons. The highest BCUT2D eigenvalue weighted by atomic mass is 15.3. The van der Waals surface area contributed by atoms with Gasteiger partial charge in [-0.25, -0.2) is 9.97 Å². The van der Waals surface area contributed by atoms with Crippen LogP contribution in [0.4, 0.5) is 11.8 Å². The van der Waals surface area contributed by atoms with Crippen LogP contribution in [0.1, 0.15) is 5.56 Å². The number of nitrogens with one attached hydrogen (secondary N) is 1. The van der Waals surface area contributed by atoms with E-state index < -0.39 is 0 Å². The average molecular weight is 247 g/mol. The van der Waals surface area contributed by atoms with Crippen molar-refractivity contribution in [3.8, 4) is 0 Å². The van der Waals surface area contributed by atoms with Gasteiger partial charge >= 0.3 is 0 Å². The largest absolute Gasteiger partial charge is 0.362 e. The first-order valence-corrected chi connectivity index (χ1v) is 5.74. The molecular weight excluding hydrogens is 230 g/mol. The predicted octanol–water partition coefficient (Wildman–Crippen LogP) is 0.555. The molecule has 2 aromatic heterocycles. The van der Waals surface area contributed by atoms with Crippen LogP contribution in [0, 0.1) is 6.92 Å². The van der Waals surface area contributed by atoms with E-state index in [-0.39, 0.29) is 0 Å². The first-order valence-electron chi connectivity index (χ1n) is 5.74. The Bertz CT molecular complexity index is 492. The molecule has 0 saturated heterocycles. The van der Waals surface area contributed by atoms with Gasteiger partial charge in [0.1, 0.15) is 18.5 Å². The summed E-state index contributed by atoms with van der Waals surface area (Å²) in [5.74, 6) is 1.55. The first-order chi connectivity index (χ1) is 8.66. The Morgan fingerprint density at radius 3 is 2.89 bits per heavy atom. The standard InChI is InChI=1S/C11H17N7/c1-9-6-14-11(16-10(9)17(2)3)13-4-5-18-8-12-7-15-18/h6-8H,4-5H2,1-3H3,(H,13,14,16). The van der Waals surface area contributed by atoms with Gasteiger partial charge in [0.15, 0.2) is 0 Å². The van der Waals surface area contributed by atoms with E-state index in [0.717, 1.165) is 17.9 Å². The number of nitrogens with zero attached hydrogens (tertiary/aromatic N) is 6. The summed E-state index contributed by atoms with van der Waals surface area (Å²) in [5, 5.41) is 7.19. The average Bonchev–Trinajstić information content (AvgIpc) is 2.84. The third-order valence-corrected chi connectivity index (χ3v) is 2.46. The highest BCUT2D eigenvalue weighted by Gasteiger charge is 2.05. The summed E-state index contributed by atoms with van der Waals surface area (Å²) >= 11 is 0. The highest BCUT2D eigenvalue weighted by Crippen LogP contribution is 2.14. The third kappa shape index (κ3) is 2.93. The van der Waals surface area contributed by atoms with Gasteiger partial charge in [0.05, 0.1) is 6.54 Å². The quantitative estimate of drug-likeness (QED) is 0.832. The molecule has 0 amide bonds. The van der Waals surface area contributed by atoms with Crippen LogP contribution in [0.2, 0.25) is 0 Å². The zero-order chi connectivity index (χ0) is 13.0. The molecule has 0 aliphatic heterocycles. The summed E-state index contributed by atoms with van der Waals surface area (Å²) < 4.78 is 1.76. The van der Waals surface area contributed by atoms with Gasteiger partial charge in [-0.15, -0.1) is 0 Å². The zero-order valence-electron chi connectivity index (χ0n) is 10.8. The second-order valence-electron chi connectivity index (χ2n) is 4.18. The van der Waals surface area contributed by atoms with Crippen LogP contribution in [-0.2, 0) is 6.54 Å². The van der Waals surface area contributed by atoms with Crippen molar-refractivity contribution < 1.29 is 0 Å². The maximum atomic E-state index is 4.45. The molecule has 2 aromatic rings. The van der Waals surface area contributed by atoms with Crippen molar-refractivity contribution in [2.24, 2.45) is 0 Å². The van der Waals surface area contributed by atoms with Gasteiger partial charge in [-0.1, -0.05) is 0 Å². The number of aromatic nitrogens is 5. The second-order valence-corrected chi connectivity index (χ2v) is 4.18. The van der Waals surface area contributed by atoms with E-state index in [1.54, 1.807) is 11.0 Å². The van der Waals surface area contributed by atoms with Crippen molar-refractivity contribution >= 4 is 11.8 Å². The lowest BCUT2D eigenvalue weighted by Crippen LogP contribution is -2.16. The van der Waals surface area contributed by atoms with Crippen LogP contribution in [-0.4, -0.2) is 45.4 Å². The minimum Gasteiger partial charge on any atom is -0.362 e. The van der Waals surface area contributed by atoms with E-state index in [0.29, 0.717) is 12.5 Å². The molecule has 0 aliphatic rings. The molecular formula is C11H17N7. The van der Waals surface area contributed by atoms with Crippen LogP contribution >= 0.6 is 0 Å². The van der Waals surface area contributed by atoms with Crippen LogP contribution in [0.5, 0.6) is 0 Å². The van der Waals surface area contributed by atoms with Gasteiger partial charge in [0, 0.05) is 32.4 Å². The monoisotopic (exact) mass is 247 g/mol. The molecule has 7 heteroatoms. The smallest absolute Gasteiger partial charge is 0.224 e. The Morgan fingerprint density at radius 1 is 1.39 bits per heavy atom. The second kappa shape index (κ2) is 5.44. The Labute approximate surface area is 106 Å². The molecule has 0 aromatic carbocycles. The van der Waals surface area contributed by atoms with E-state index in [2.05, 4.69) is 25.4 Å². The van der Waals surface area contributed by atoms with Crippen LogP contribution in [0.15, 0.2) is 18.9 Å². The molecule has 0 radical (unpaired) electrons. The normalized spacial score (nSPS) is 10.4. The summed E-state index contributed by atoms with van der Waals surface area (Å²) in [7, 11) is 3.93. The van der Waals surface area contributed by atoms with E-state index in [9.17, 15) is 0 Å². The summed E-state index contributed by atoms with van der Waals surface area (Å²) in [4.78, 5) is 14.5. The molecule has 0 saturated carbocycles. The molecule has 0 unspecified atom stereocenters. The molecule has 0 atom stereocenters. The van der Waals surface area contributed by atoms with Crippen LogP contribution < -0.4 is 10.2 Å². The van der Waals surface area contributed by atoms with Crippen molar-refractivity contribution in [3.63, 3.8) is 0 Å². The zero-order valence-corrected chi connectivity index (χ0v) is 10.8. The molecule has 18 heavy (non-hydrogen) atoms. The van der Waals surface area contributed by atoms with Crippen molar-refractivity contribution in [1.29, 1.82) is 0 Å². The lowest BCUT2D eigenvalue weighted by Gasteiger charge is -2.15. The molecule has 0 spiro atoms. The molecule has 0 aliphatic carbocycles. The van der Waals surface area contributed by atoms with E-state index in [1.165, 1.54) is 6.33 Å². The minimum atomic E-state index is 0.629. The summed E-state index contributed by atoms with van der Waals surface area (Å²) in [6, 6.07) is 0. The Kier molecular flexibility index (Phi) is 3.71. The minimum absolute atomic E-state index is 0.629. The van der Waals surface area contributed by atoms with Crippen LogP contribution in [0.25, 0.3) is 0 Å². The SMILES string of the molecule is Cc1cnc(NCCn2cncn2)nc1N(C)C. The predicted molar refractivity (Wildman–Crippen MR) is 69.6 cm³/mol. The Morgan fingerprint density at radius 2 is 2.22 bits per heavy atom. The molecule has 2 heterocycles. The fourth-order valence-corrected chi connectivity index (χ4v) is 1.60. The maximum absolute atomic E-state index is 4.45. The highest BCUT2D eigenvalue weighted by molar-refractivity contribution is 5.47. The lowest BCUT2D eigenvalue weighted by molar-refractivity contribution is 0.634. The topological polar surface area (TPSA) is 71.8 Å². The number of hydrogen-bond donors (Lipinski definition) is 1. The third-order valence-electron chi connectivity index (χ3n) is 2.46. The van der Waals surface area contributed by atoms with Crippen molar-refractivity contribution in [1.82, 2.24) is 24.7 Å².